The van der Waals surface area contributed by atoms with Crippen molar-refractivity contribution in [3.05, 3.63) is 17.0 Å². The van der Waals surface area contributed by atoms with E-state index < -0.39 is 0 Å². The van der Waals surface area contributed by atoms with Crippen LogP contribution in [0.1, 0.15) is 35.4 Å². The second-order valence-electron chi connectivity index (χ2n) is 4.53. The lowest BCUT2D eigenvalue weighted by atomic mass is 10.1. The summed E-state index contributed by atoms with van der Waals surface area (Å²) in [6, 6.07) is 4.81. The standard InChI is InChI=1S/C12H15NOS/c14-8-10-4-5-12(15-10)13-7-6-9-2-1-3-11(9)13/h4-5,8-9,11H,1-3,6-7H2. The highest BCUT2D eigenvalue weighted by Crippen LogP contribution is 2.41. The molecule has 0 aromatic carbocycles. The van der Waals surface area contributed by atoms with Crippen LogP contribution >= 0.6 is 11.3 Å². The van der Waals surface area contributed by atoms with E-state index in [1.807, 2.05) is 6.07 Å². The molecule has 2 nitrogen and oxygen atoms in total. The van der Waals surface area contributed by atoms with Crippen molar-refractivity contribution in [2.24, 2.45) is 5.92 Å². The summed E-state index contributed by atoms with van der Waals surface area (Å²) in [5, 5.41) is 1.30. The molecule has 0 bridgehead atoms. The Labute approximate surface area is 93.9 Å². The van der Waals surface area contributed by atoms with Crippen LogP contribution in [0.4, 0.5) is 5.00 Å². The average molecular weight is 221 g/mol. The molecule has 3 heteroatoms. The molecule has 2 aliphatic rings. The minimum atomic E-state index is 0.767. The second kappa shape index (κ2) is 3.63. The predicted octanol–water partition coefficient (Wildman–Crippen LogP) is 2.94. The third kappa shape index (κ3) is 1.49. The molecule has 1 saturated carbocycles. The van der Waals surface area contributed by atoms with Gasteiger partial charge >= 0.3 is 0 Å². The molecule has 1 aromatic rings. The van der Waals surface area contributed by atoms with Crippen molar-refractivity contribution >= 4 is 22.6 Å². The highest BCUT2D eigenvalue weighted by atomic mass is 32.1. The van der Waals surface area contributed by atoms with Gasteiger partial charge in [0.2, 0.25) is 0 Å². The Morgan fingerprint density at radius 3 is 3.07 bits per heavy atom. The zero-order chi connectivity index (χ0) is 10.3. The number of aldehydes is 1. The number of carbonyl (C=O) groups excluding carboxylic acids is 1. The fraction of sp³-hybridized carbons (Fsp3) is 0.583. The van der Waals surface area contributed by atoms with E-state index in [0.29, 0.717) is 0 Å². The van der Waals surface area contributed by atoms with Gasteiger partial charge in [0.05, 0.1) is 9.88 Å². The first-order valence-corrected chi connectivity index (χ1v) is 6.52. The molecular weight excluding hydrogens is 206 g/mol. The molecule has 1 aliphatic heterocycles. The van der Waals surface area contributed by atoms with Gasteiger partial charge in [-0.05, 0) is 37.3 Å². The Balaban J connectivity index is 1.84. The van der Waals surface area contributed by atoms with Gasteiger partial charge in [-0.3, -0.25) is 4.79 Å². The molecule has 2 fully saturated rings. The molecule has 3 rings (SSSR count). The zero-order valence-electron chi connectivity index (χ0n) is 8.69. The average Bonchev–Trinajstić information content (AvgIpc) is 2.92. The van der Waals surface area contributed by atoms with Crippen molar-refractivity contribution in [1.82, 2.24) is 0 Å². The van der Waals surface area contributed by atoms with Gasteiger partial charge in [-0.25, -0.2) is 0 Å². The van der Waals surface area contributed by atoms with Crippen LogP contribution in [0.25, 0.3) is 0 Å². The predicted molar refractivity (Wildman–Crippen MR) is 62.8 cm³/mol. The van der Waals surface area contributed by atoms with E-state index in [4.69, 9.17) is 0 Å². The minimum absolute atomic E-state index is 0.767. The lowest BCUT2D eigenvalue weighted by molar-refractivity contribution is 0.112. The minimum Gasteiger partial charge on any atom is -0.360 e. The molecule has 0 amide bonds. The first-order valence-electron chi connectivity index (χ1n) is 5.70. The van der Waals surface area contributed by atoms with Gasteiger partial charge in [-0.1, -0.05) is 6.42 Å². The van der Waals surface area contributed by atoms with Gasteiger partial charge in [-0.2, -0.15) is 0 Å². The van der Waals surface area contributed by atoms with E-state index in [0.717, 1.165) is 23.1 Å². The molecule has 2 atom stereocenters. The van der Waals surface area contributed by atoms with Gasteiger partial charge in [0.1, 0.15) is 0 Å². The third-order valence-electron chi connectivity index (χ3n) is 3.77. The van der Waals surface area contributed by atoms with Crippen LogP contribution in [-0.2, 0) is 0 Å². The Hall–Kier alpha value is -0.830. The number of nitrogens with zero attached hydrogens (tertiary/aromatic N) is 1. The molecule has 1 saturated heterocycles. The first-order chi connectivity index (χ1) is 7.38. The van der Waals surface area contributed by atoms with Crippen molar-refractivity contribution in [2.45, 2.75) is 31.7 Å². The summed E-state index contributed by atoms with van der Waals surface area (Å²) in [6.07, 6.45) is 6.44. The summed E-state index contributed by atoms with van der Waals surface area (Å²) in [6.45, 7) is 1.19. The Morgan fingerprint density at radius 2 is 2.27 bits per heavy atom. The van der Waals surface area contributed by atoms with E-state index in [1.165, 1.54) is 37.2 Å². The Morgan fingerprint density at radius 1 is 1.33 bits per heavy atom. The zero-order valence-corrected chi connectivity index (χ0v) is 9.50. The van der Waals surface area contributed by atoms with Gasteiger partial charge in [-0.15, -0.1) is 11.3 Å². The SMILES string of the molecule is O=Cc1ccc(N2CCC3CCCC32)s1. The van der Waals surface area contributed by atoms with Crippen molar-refractivity contribution in [2.75, 3.05) is 11.4 Å². The Bertz CT molecular complexity index is 373. The molecular formula is C12H15NOS. The van der Waals surface area contributed by atoms with Crippen LogP contribution < -0.4 is 4.90 Å². The maximum Gasteiger partial charge on any atom is 0.160 e. The monoisotopic (exact) mass is 221 g/mol. The largest absolute Gasteiger partial charge is 0.360 e. The fourth-order valence-electron chi connectivity index (χ4n) is 3.07. The van der Waals surface area contributed by atoms with Crippen LogP contribution in [-0.4, -0.2) is 18.9 Å². The summed E-state index contributed by atoms with van der Waals surface area (Å²) < 4.78 is 0. The normalized spacial score (nSPS) is 29.5. The number of carbonyl (C=O) groups is 1. The molecule has 80 valence electrons. The summed E-state index contributed by atoms with van der Waals surface area (Å²) in [4.78, 5) is 14.0. The smallest absolute Gasteiger partial charge is 0.160 e. The number of hydrogen-bond acceptors (Lipinski definition) is 3. The topological polar surface area (TPSA) is 20.3 Å². The summed E-state index contributed by atoms with van der Waals surface area (Å²) in [7, 11) is 0. The Kier molecular flexibility index (Phi) is 2.28. The van der Waals surface area contributed by atoms with E-state index in [-0.39, 0.29) is 0 Å². The van der Waals surface area contributed by atoms with Gasteiger partial charge in [0.25, 0.3) is 0 Å². The highest BCUT2D eigenvalue weighted by Gasteiger charge is 2.37. The van der Waals surface area contributed by atoms with E-state index in [1.54, 1.807) is 11.3 Å². The number of rotatable bonds is 2. The quantitative estimate of drug-likeness (QED) is 0.716. The molecule has 2 heterocycles. The van der Waals surface area contributed by atoms with Crippen LogP contribution in [0, 0.1) is 5.92 Å². The van der Waals surface area contributed by atoms with Crippen LogP contribution in [0.5, 0.6) is 0 Å². The molecule has 0 spiro atoms. The van der Waals surface area contributed by atoms with Crippen LogP contribution in [0.2, 0.25) is 0 Å². The van der Waals surface area contributed by atoms with Crippen molar-refractivity contribution in [3.8, 4) is 0 Å². The maximum atomic E-state index is 10.7. The summed E-state index contributed by atoms with van der Waals surface area (Å²) in [5.41, 5.74) is 0. The molecule has 0 N–H and O–H groups in total. The van der Waals surface area contributed by atoms with Crippen LogP contribution in [0.15, 0.2) is 12.1 Å². The molecule has 15 heavy (non-hydrogen) atoms. The second-order valence-corrected chi connectivity index (χ2v) is 5.63. The molecule has 1 aliphatic carbocycles. The molecule has 0 radical (unpaired) electrons. The van der Waals surface area contributed by atoms with Gasteiger partial charge in [0, 0.05) is 12.6 Å². The summed E-state index contributed by atoms with van der Waals surface area (Å²) >= 11 is 1.64. The van der Waals surface area contributed by atoms with Gasteiger partial charge < -0.3 is 4.90 Å². The number of hydrogen-bond donors (Lipinski definition) is 0. The number of anilines is 1. The van der Waals surface area contributed by atoms with E-state index >= 15 is 0 Å². The van der Waals surface area contributed by atoms with E-state index in [2.05, 4.69) is 11.0 Å². The number of fused-ring (bicyclic) bond motifs is 1. The fourth-order valence-corrected chi connectivity index (χ4v) is 3.97. The van der Waals surface area contributed by atoms with E-state index in [9.17, 15) is 4.79 Å². The van der Waals surface area contributed by atoms with Gasteiger partial charge in [0.15, 0.2) is 6.29 Å². The third-order valence-corrected chi connectivity index (χ3v) is 4.82. The lowest BCUT2D eigenvalue weighted by Gasteiger charge is -2.24. The molecule has 1 aromatic heterocycles. The van der Waals surface area contributed by atoms with Crippen molar-refractivity contribution < 1.29 is 4.79 Å². The highest BCUT2D eigenvalue weighted by molar-refractivity contribution is 7.17. The van der Waals surface area contributed by atoms with Crippen molar-refractivity contribution in [3.63, 3.8) is 0 Å². The number of thiophene rings is 1. The van der Waals surface area contributed by atoms with Crippen LogP contribution in [0.3, 0.4) is 0 Å². The first kappa shape index (κ1) is 9.40. The summed E-state index contributed by atoms with van der Waals surface area (Å²) in [5.74, 6) is 0.923. The lowest BCUT2D eigenvalue weighted by Crippen LogP contribution is -2.28. The maximum absolute atomic E-state index is 10.7. The van der Waals surface area contributed by atoms with Crippen molar-refractivity contribution in [1.29, 1.82) is 0 Å². The molecule has 2 unspecified atom stereocenters.